The van der Waals surface area contributed by atoms with E-state index >= 15 is 0 Å². The first-order valence-corrected chi connectivity index (χ1v) is 6.82. The summed E-state index contributed by atoms with van der Waals surface area (Å²) in [5.41, 5.74) is 1.60. The van der Waals surface area contributed by atoms with E-state index in [1.54, 1.807) is 24.3 Å². The van der Waals surface area contributed by atoms with Crippen molar-refractivity contribution < 1.29 is 13.6 Å². The molecule has 0 unspecified atom stereocenters. The highest BCUT2D eigenvalue weighted by molar-refractivity contribution is 5.99. The third-order valence-corrected chi connectivity index (χ3v) is 2.95. The Hall–Kier alpha value is -3.37. The lowest BCUT2D eigenvalue weighted by atomic mass is 10.3. The van der Waals surface area contributed by atoms with Crippen LogP contribution in [-0.2, 0) is 6.54 Å². The molecule has 0 aliphatic heterocycles. The third-order valence-electron chi connectivity index (χ3n) is 2.95. The van der Waals surface area contributed by atoms with Gasteiger partial charge in [0.2, 0.25) is 0 Å². The van der Waals surface area contributed by atoms with Gasteiger partial charge in [-0.25, -0.2) is 18.3 Å². The maximum Gasteiger partial charge on any atom is 0.323 e. The summed E-state index contributed by atoms with van der Waals surface area (Å²) in [4.78, 5) is 11.9. The summed E-state index contributed by atoms with van der Waals surface area (Å²) in [5.74, 6) is 0. The lowest BCUT2D eigenvalue weighted by Gasteiger charge is -2.06. The van der Waals surface area contributed by atoms with Crippen LogP contribution in [0, 0.1) is 0 Å². The van der Waals surface area contributed by atoms with Crippen molar-refractivity contribution in [2.24, 2.45) is 0 Å². The third kappa shape index (κ3) is 3.88. The normalized spacial score (nSPS) is 10.8. The van der Waals surface area contributed by atoms with E-state index < -0.39 is 19.0 Å². The van der Waals surface area contributed by atoms with Crippen molar-refractivity contribution in [2.45, 2.75) is 13.0 Å². The number of carbonyl (C=O) groups is 1. The fraction of sp³-hybridized carbons (Fsp3) is 0.154. The van der Waals surface area contributed by atoms with Gasteiger partial charge >= 0.3 is 6.03 Å². The SMILES string of the molecule is O=C(Nc1ccc(-n2cnnn2)cc1)Nc1cnn(CC(F)F)c1. The standard InChI is InChI=1S/C13H12F2N8O/c14-12(15)7-22-6-10(5-17-22)19-13(24)18-9-1-3-11(4-2-9)23-8-16-20-21-23/h1-6,8,12H,7H2,(H2,18,19,24). The van der Waals surface area contributed by atoms with Gasteiger partial charge in [0.15, 0.2) is 0 Å². The smallest absolute Gasteiger partial charge is 0.308 e. The number of nitrogens with one attached hydrogen (secondary N) is 2. The second-order valence-electron chi connectivity index (χ2n) is 4.72. The molecule has 0 radical (unpaired) electrons. The number of hydrogen-bond donors (Lipinski definition) is 2. The average Bonchev–Trinajstić information content (AvgIpc) is 3.19. The quantitative estimate of drug-likeness (QED) is 0.740. The zero-order chi connectivity index (χ0) is 16.9. The number of hydrogen-bond acceptors (Lipinski definition) is 5. The average molecular weight is 334 g/mol. The number of nitrogens with zero attached hydrogens (tertiary/aromatic N) is 6. The maximum absolute atomic E-state index is 12.2. The molecule has 2 amide bonds. The first kappa shape index (κ1) is 15.5. The lowest BCUT2D eigenvalue weighted by Crippen LogP contribution is -2.19. The summed E-state index contributed by atoms with van der Waals surface area (Å²) >= 11 is 0. The van der Waals surface area contributed by atoms with Crippen molar-refractivity contribution in [1.29, 1.82) is 0 Å². The Bertz CT molecular complexity index is 800. The molecular weight excluding hydrogens is 322 g/mol. The van der Waals surface area contributed by atoms with Gasteiger partial charge in [0.25, 0.3) is 6.43 Å². The summed E-state index contributed by atoms with van der Waals surface area (Å²) < 4.78 is 27.0. The number of aromatic nitrogens is 6. The van der Waals surface area contributed by atoms with Crippen LogP contribution in [0.25, 0.3) is 5.69 Å². The molecule has 0 spiro atoms. The van der Waals surface area contributed by atoms with Gasteiger partial charge in [-0.2, -0.15) is 5.10 Å². The number of carbonyl (C=O) groups excluding carboxylic acids is 1. The van der Waals surface area contributed by atoms with E-state index in [-0.39, 0.29) is 0 Å². The van der Waals surface area contributed by atoms with Crippen LogP contribution in [0.4, 0.5) is 25.0 Å². The van der Waals surface area contributed by atoms with Crippen LogP contribution >= 0.6 is 0 Å². The highest BCUT2D eigenvalue weighted by Crippen LogP contribution is 2.13. The molecule has 2 aromatic heterocycles. The van der Waals surface area contributed by atoms with Crippen LogP contribution in [0.15, 0.2) is 43.0 Å². The summed E-state index contributed by atoms with van der Waals surface area (Å²) in [5, 5.41) is 19.7. The Balaban J connectivity index is 1.57. The van der Waals surface area contributed by atoms with Gasteiger partial charge in [-0.05, 0) is 34.7 Å². The molecule has 2 heterocycles. The molecule has 3 rings (SSSR count). The Labute approximate surface area is 134 Å². The van der Waals surface area contributed by atoms with Gasteiger partial charge in [-0.3, -0.25) is 4.68 Å². The molecule has 3 aromatic rings. The minimum absolute atomic E-state index is 0.318. The molecule has 0 fully saturated rings. The topological polar surface area (TPSA) is 103 Å². The van der Waals surface area contributed by atoms with Crippen LogP contribution in [0.5, 0.6) is 0 Å². The second kappa shape index (κ2) is 6.81. The van der Waals surface area contributed by atoms with E-state index in [4.69, 9.17) is 0 Å². The molecular formula is C13H12F2N8O. The van der Waals surface area contributed by atoms with Gasteiger partial charge in [0.1, 0.15) is 12.9 Å². The summed E-state index contributed by atoms with van der Waals surface area (Å²) in [7, 11) is 0. The zero-order valence-electron chi connectivity index (χ0n) is 12.2. The fourth-order valence-electron chi connectivity index (χ4n) is 1.94. The largest absolute Gasteiger partial charge is 0.323 e. The molecule has 0 atom stereocenters. The van der Waals surface area contributed by atoms with E-state index in [0.29, 0.717) is 11.4 Å². The number of urea groups is 1. The highest BCUT2D eigenvalue weighted by atomic mass is 19.3. The fourth-order valence-corrected chi connectivity index (χ4v) is 1.94. The van der Waals surface area contributed by atoms with Crippen LogP contribution in [0.1, 0.15) is 0 Å². The Morgan fingerprint density at radius 3 is 2.58 bits per heavy atom. The molecule has 0 bridgehead atoms. The van der Waals surface area contributed by atoms with E-state index in [0.717, 1.165) is 10.4 Å². The minimum atomic E-state index is -2.51. The molecule has 0 aliphatic carbocycles. The van der Waals surface area contributed by atoms with Crippen LogP contribution in [0.3, 0.4) is 0 Å². The predicted molar refractivity (Wildman–Crippen MR) is 80.0 cm³/mol. The molecule has 124 valence electrons. The molecule has 1 aromatic carbocycles. The second-order valence-corrected chi connectivity index (χ2v) is 4.72. The van der Waals surface area contributed by atoms with Crippen molar-refractivity contribution in [2.75, 3.05) is 10.6 Å². The number of benzene rings is 1. The molecule has 0 aliphatic rings. The first-order valence-electron chi connectivity index (χ1n) is 6.82. The van der Waals surface area contributed by atoms with Crippen molar-refractivity contribution in [1.82, 2.24) is 30.0 Å². The Morgan fingerprint density at radius 1 is 1.17 bits per heavy atom. The number of anilines is 2. The van der Waals surface area contributed by atoms with Crippen LogP contribution < -0.4 is 10.6 Å². The summed E-state index contributed by atoms with van der Waals surface area (Å²) in [6.07, 6.45) is 1.56. The molecule has 9 nitrogen and oxygen atoms in total. The maximum atomic E-state index is 12.2. The van der Waals surface area contributed by atoms with Gasteiger partial charge in [-0.1, -0.05) is 0 Å². The van der Waals surface area contributed by atoms with Gasteiger partial charge < -0.3 is 10.6 Å². The molecule has 11 heteroatoms. The molecule has 2 N–H and O–H groups in total. The monoisotopic (exact) mass is 334 g/mol. The van der Waals surface area contributed by atoms with Crippen molar-refractivity contribution in [3.05, 3.63) is 43.0 Å². The van der Waals surface area contributed by atoms with Crippen molar-refractivity contribution in [3.63, 3.8) is 0 Å². The number of tetrazole rings is 1. The Kier molecular flexibility index (Phi) is 4.40. The number of halogens is 2. The van der Waals surface area contributed by atoms with Crippen LogP contribution in [-0.4, -0.2) is 42.4 Å². The molecule has 0 saturated heterocycles. The summed E-state index contributed by atoms with van der Waals surface area (Å²) in [6, 6.07) is 6.30. The van der Waals surface area contributed by atoms with Gasteiger partial charge in [0.05, 0.1) is 17.6 Å². The number of alkyl halides is 2. The lowest BCUT2D eigenvalue weighted by molar-refractivity contribution is 0.122. The van der Waals surface area contributed by atoms with Gasteiger partial charge in [-0.15, -0.1) is 5.10 Å². The first-order chi connectivity index (χ1) is 11.6. The van der Waals surface area contributed by atoms with Crippen molar-refractivity contribution in [3.8, 4) is 5.69 Å². The van der Waals surface area contributed by atoms with Gasteiger partial charge in [0, 0.05) is 11.9 Å². The predicted octanol–water partition coefficient (Wildman–Crippen LogP) is 1.77. The number of rotatable bonds is 5. The van der Waals surface area contributed by atoms with E-state index in [2.05, 4.69) is 31.3 Å². The zero-order valence-corrected chi connectivity index (χ0v) is 12.2. The van der Waals surface area contributed by atoms with Crippen LogP contribution in [0.2, 0.25) is 0 Å². The van der Waals surface area contributed by atoms with E-state index in [1.807, 2.05) is 0 Å². The molecule has 0 saturated carbocycles. The van der Waals surface area contributed by atoms with E-state index in [9.17, 15) is 13.6 Å². The number of amides is 2. The highest BCUT2D eigenvalue weighted by Gasteiger charge is 2.08. The van der Waals surface area contributed by atoms with Crippen molar-refractivity contribution >= 4 is 17.4 Å². The molecule has 24 heavy (non-hydrogen) atoms. The van der Waals surface area contributed by atoms with E-state index in [1.165, 1.54) is 23.4 Å². The Morgan fingerprint density at radius 2 is 1.92 bits per heavy atom. The summed E-state index contributed by atoms with van der Waals surface area (Å²) in [6.45, 7) is -0.526. The minimum Gasteiger partial charge on any atom is -0.308 e.